The third kappa shape index (κ3) is 3.05. The van der Waals surface area contributed by atoms with Crippen LogP contribution < -0.4 is 5.73 Å². The first kappa shape index (κ1) is 13.0. The van der Waals surface area contributed by atoms with Crippen molar-refractivity contribution in [3.8, 4) is 0 Å². The summed E-state index contributed by atoms with van der Waals surface area (Å²) in [6.45, 7) is 3.10. The highest BCUT2D eigenvalue weighted by Gasteiger charge is 2.09. The van der Waals surface area contributed by atoms with Gasteiger partial charge in [-0.15, -0.1) is 10.2 Å². The lowest BCUT2D eigenvalue weighted by Crippen LogP contribution is -2.12. The Bertz CT molecular complexity index is 528. The van der Waals surface area contributed by atoms with E-state index in [2.05, 4.69) is 15.2 Å². The zero-order chi connectivity index (χ0) is 13.0. The number of hydrogen-bond donors (Lipinski definition) is 1. The van der Waals surface area contributed by atoms with Gasteiger partial charge in [0.2, 0.25) is 0 Å². The molecule has 0 aromatic carbocycles. The van der Waals surface area contributed by atoms with Crippen molar-refractivity contribution >= 4 is 11.8 Å². The molecule has 2 rings (SSSR count). The molecule has 0 atom stereocenters. The van der Waals surface area contributed by atoms with Crippen molar-refractivity contribution < 1.29 is 4.39 Å². The number of nitrogens with two attached hydrogens (primary N) is 1. The Kier molecular flexibility index (Phi) is 4.27. The molecule has 2 heterocycles. The summed E-state index contributed by atoms with van der Waals surface area (Å²) < 4.78 is 14.9. The lowest BCUT2D eigenvalue weighted by Gasteiger charge is -2.06. The fourth-order valence-corrected chi connectivity index (χ4v) is 2.47. The van der Waals surface area contributed by atoms with Gasteiger partial charge in [-0.05, 0) is 18.6 Å². The average Bonchev–Trinajstić information content (AvgIpc) is 2.69. The predicted molar refractivity (Wildman–Crippen MR) is 67.6 cm³/mol. The number of hydrogen-bond acceptors (Lipinski definition) is 5. The number of thioether (sulfide) groups is 1. The van der Waals surface area contributed by atoms with E-state index < -0.39 is 0 Å². The first-order chi connectivity index (χ1) is 8.70. The quantitative estimate of drug-likeness (QED) is 0.829. The van der Waals surface area contributed by atoms with Crippen LogP contribution in [-0.4, -0.2) is 26.3 Å². The number of rotatable bonds is 5. The lowest BCUT2D eigenvalue weighted by atomic mass is 10.3. The van der Waals surface area contributed by atoms with Crippen LogP contribution in [0.2, 0.25) is 0 Å². The van der Waals surface area contributed by atoms with Crippen LogP contribution in [-0.2, 0) is 12.3 Å². The summed E-state index contributed by atoms with van der Waals surface area (Å²) in [7, 11) is 0. The van der Waals surface area contributed by atoms with Gasteiger partial charge in [0.15, 0.2) is 5.16 Å². The van der Waals surface area contributed by atoms with Crippen LogP contribution >= 0.6 is 11.8 Å². The minimum absolute atomic E-state index is 0.326. The summed E-state index contributed by atoms with van der Waals surface area (Å²) in [4.78, 5) is 3.81. The summed E-state index contributed by atoms with van der Waals surface area (Å²) in [5.41, 5.74) is 6.36. The third-order valence-corrected chi connectivity index (χ3v) is 3.42. The monoisotopic (exact) mass is 267 g/mol. The summed E-state index contributed by atoms with van der Waals surface area (Å²) in [5.74, 6) is 1.11. The number of aryl methyl sites for hydroxylation is 1. The predicted octanol–water partition coefficient (Wildman–Crippen LogP) is 1.37. The summed E-state index contributed by atoms with van der Waals surface area (Å²) in [5, 5.41) is 8.88. The average molecular weight is 267 g/mol. The zero-order valence-corrected chi connectivity index (χ0v) is 10.8. The van der Waals surface area contributed by atoms with E-state index in [4.69, 9.17) is 5.73 Å². The summed E-state index contributed by atoms with van der Waals surface area (Å²) >= 11 is 1.50. The molecule has 2 aromatic rings. The Morgan fingerprint density at radius 3 is 2.94 bits per heavy atom. The molecule has 7 heteroatoms. The van der Waals surface area contributed by atoms with E-state index in [1.165, 1.54) is 24.0 Å². The molecule has 0 radical (unpaired) electrons. The molecule has 0 amide bonds. The molecule has 0 saturated heterocycles. The van der Waals surface area contributed by atoms with E-state index in [1.54, 1.807) is 6.20 Å². The Hall–Kier alpha value is -1.47. The van der Waals surface area contributed by atoms with Crippen molar-refractivity contribution in [2.24, 2.45) is 5.73 Å². The van der Waals surface area contributed by atoms with Crippen molar-refractivity contribution in [3.63, 3.8) is 0 Å². The van der Waals surface area contributed by atoms with Crippen LogP contribution in [0.3, 0.4) is 0 Å². The maximum atomic E-state index is 13.0. The second-order valence-corrected chi connectivity index (χ2v) is 4.71. The molecule has 2 aromatic heterocycles. The van der Waals surface area contributed by atoms with Crippen molar-refractivity contribution in [2.75, 3.05) is 6.54 Å². The van der Waals surface area contributed by atoms with Crippen LogP contribution in [0, 0.1) is 12.7 Å². The summed E-state index contributed by atoms with van der Waals surface area (Å²) in [6, 6.07) is 1.47. The second kappa shape index (κ2) is 5.92. The molecule has 0 aliphatic rings. The van der Waals surface area contributed by atoms with Gasteiger partial charge in [0.05, 0.1) is 6.20 Å². The number of nitrogens with zero attached hydrogens (tertiary/aromatic N) is 4. The molecule has 0 aliphatic heterocycles. The van der Waals surface area contributed by atoms with Crippen molar-refractivity contribution in [2.45, 2.75) is 24.4 Å². The molecule has 2 N–H and O–H groups in total. The van der Waals surface area contributed by atoms with E-state index in [-0.39, 0.29) is 5.82 Å². The van der Waals surface area contributed by atoms with Crippen LogP contribution in [0.4, 0.5) is 4.39 Å². The normalized spacial score (nSPS) is 10.8. The SMILES string of the molecule is Cc1nnc(SCc2cncc(F)c2)n1CCN. The number of halogens is 1. The smallest absolute Gasteiger partial charge is 0.191 e. The molecule has 18 heavy (non-hydrogen) atoms. The van der Waals surface area contributed by atoms with Gasteiger partial charge >= 0.3 is 0 Å². The van der Waals surface area contributed by atoms with E-state index in [1.807, 2.05) is 11.5 Å². The van der Waals surface area contributed by atoms with Crippen LogP contribution in [0.5, 0.6) is 0 Å². The Balaban J connectivity index is 2.06. The minimum atomic E-state index is -0.326. The second-order valence-electron chi connectivity index (χ2n) is 3.77. The highest BCUT2D eigenvalue weighted by molar-refractivity contribution is 7.98. The highest BCUT2D eigenvalue weighted by atomic mass is 32.2. The van der Waals surface area contributed by atoms with Crippen molar-refractivity contribution in [1.82, 2.24) is 19.7 Å². The zero-order valence-electron chi connectivity index (χ0n) is 10.0. The molecular formula is C11H14FN5S. The molecule has 0 bridgehead atoms. The summed E-state index contributed by atoms with van der Waals surface area (Å²) in [6.07, 6.45) is 2.84. The molecule has 0 saturated carbocycles. The largest absolute Gasteiger partial charge is 0.329 e. The van der Waals surface area contributed by atoms with Crippen molar-refractivity contribution in [1.29, 1.82) is 0 Å². The molecule has 0 aliphatic carbocycles. The Morgan fingerprint density at radius 1 is 1.39 bits per heavy atom. The standard InChI is InChI=1S/C11H14FN5S/c1-8-15-16-11(17(8)3-2-13)18-7-9-4-10(12)6-14-5-9/h4-6H,2-3,7,13H2,1H3. The van der Waals surface area contributed by atoms with Gasteiger partial charge in [-0.3, -0.25) is 4.98 Å². The fourth-order valence-electron chi connectivity index (χ4n) is 1.54. The van der Waals surface area contributed by atoms with Gasteiger partial charge in [-0.1, -0.05) is 11.8 Å². The lowest BCUT2D eigenvalue weighted by molar-refractivity contribution is 0.619. The maximum absolute atomic E-state index is 13.0. The molecule has 0 spiro atoms. The van der Waals surface area contributed by atoms with E-state index in [0.29, 0.717) is 18.8 Å². The first-order valence-electron chi connectivity index (χ1n) is 5.53. The Labute approximate surface area is 109 Å². The number of aromatic nitrogens is 4. The third-order valence-electron chi connectivity index (χ3n) is 2.38. The fraction of sp³-hybridized carbons (Fsp3) is 0.364. The Morgan fingerprint density at radius 2 is 2.22 bits per heavy atom. The molecule has 96 valence electrons. The van der Waals surface area contributed by atoms with Gasteiger partial charge in [0, 0.05) is 25.0 Å². The van der Waals surface area contributed by atoms with Gasteiger partial charge in [-0.25, -0.2) is 4.39 Å². The van der Waals surface area contributed by atoms with E-state index >= 15 is 0 Å². The molecule has 0 fully saturated rings. The maximum Gasteiger partial charge on any atom is 0.191 e. The number of pyridine rings is 1. The minimum Gasteiger partial charge on any atom is -0.329 e. The van der Waals surface area contributed by atoms with Crippen LogP contribution in [0.15, 0.2) is 23.6 Å². The highest BCUT2D eigenvalue weighted by Crippen LogP contribution is 2.21. The van der Waals surface area contributed by atoms with Crippen molar-refractivity contribution in [3.05, 3.63) is 35.7 Å². The molecule has 5 nitrogen and oxygen atoms in total. The molecular weight excluding hydrogens is 253 g/mol. The van der Waals surface area contributed by atoms with E-state index in [9.17, 15) is 4.39 Å². The first-order valence-corrected chi connectivity index (χ1v) is 6.51. The molecule has 0 unspecified atom stereocenters. The van der Waals surface area contributed by atoms with Crippen LogP contribution in [0.25, 0.3) is 0 Å². The van der Waals surface area contributed by atoms with Gasteiger partial charge < -0.3 is 10.3 Å². The van der Waals surface area contributed by atoms with Crippen LogP contribution in [0.1, 0.15) is 11.4 Å². The van der Waals surface area contributed by atoms with Gasteiger partial charge in [0.1, 0.15) is 11.6 Å². The topological polar surface area (TPSA) is 69.6 Å². The van der Waals surface area contributed by atoms with Gasteiger partial charge in [0.25, 0.3) is 0 Å². The van der Waals surface area contributed by atoms with E-state index in [0.717, 1.165) is 16.5 Å². The van der Waals surface area contributed by atoms with Gasteiger partial charge in [-0.2, -0.15) is 0 Å².